The predicted molar refractivity (Wildman–Crippen MR) is 183 cm³/mol. The normalized spacial score (nSPS) is 18.4. The van der Waals surface area contributed by atoms with Gasteiger partial charge in [0.1, 0.15) is 23.9 Å². The van der Waals surface area contributed by atoms with E-state index in [0.717, 1.165) is 32.1 Å². The van der Waals surface area contributed by atoms with E-state index >= 15 is 0 Å². The third-order valence-electron chi connectivity index (χ3n) is 8.96. The number of nitrogens with one attached hydrogen (secondary N) is 4. The van der Waals surface area contributed by atoms with Crippen molar-refractivity contribution in [3.8, 4) is 0 Å². The molecule has 0 aromatic heterocycles. The van der Waals surface area contributed by atoms with Gasteiger partial charge in [-0.25, -0.2) is 4.39 Å². The maximum Gasteiger partial charge on any atom is 0.246 e. The minimum absolute atomic E-state index is 0.0349. The molecule has 6 N–H and O–H groups in total. The Bertz CT molecular complexity index is 1150. The lowest BCUT2D eigenvalue weighted by molar-refractivity contribution is -0.143. The molecule has 14 heteroatoms. The fraction of sp³-hybridized carbons (Fsp3) is 0.714. The summed E-state index contributed by atoms with van der Waals surface area (Å²) < 4.78 is 29.7. The highest BCUT2D eigenvalue weighted by Crippen LogP contribution is 2.29. The zero-order valence-electron chi connectivity index (χ0n) is 29.2. The van der Waals surface area contributed by atoms with Crippen molar-refractivity contribution < 1.29 is 37.8 Å². The number of benzene rings is 1. The third kappa shape index (κ3) is 13.9. The van der Waals surface area contributed by atoms with Crippen molar-refractivity contribution in [3.63, 3.8) is 0 Å². The van der Waals surface area contributed by atoms with Crippen molar-refractivity contribution in [3.05, 3.63) is 35.6 Å². The van der Waals surface area contributed by atoms with Crippen LogP contribution in [0.4, 0.5) is 4.39 Å². The molecule has 13 nitrogen and oxygen atoms in total. The van der Waals surface area contributed by atoms with Crippen molar-refractivity contribution in [2.75, 3.05) is 65.8 Å². The number of amides is 4. The number of carbonyl (C=O) groups is 4. The molecule has 0 spiro atoms. The number of nitrogens with two attached hydrogens (primary N) is 1. The largest absolute Gasteiger partial charge is 0.378 e. The van der Waals surface area contributed by atoms with Crippen molar-refractivity contribution in [1.29, 1.82) is 0 Å². The van der Waals surface area contributed by atoms with Crippen LogP contribution in [0.2, 0.25) is 0 Å². The molecule has 0 unspecified atom stereocenters. The van der Waals surface area contributed by atoms with Gasteiger partial charge in [0.25, 0.3) is 0 Å². The van der Waals surface area contributed by atoms with Crippen LogP contribution >= 0.6 is 0 Å². The SMILES string of the molecule is CCNC(=O)[C@H](Cc1ccc(F)cc1)NC(=O)[C@@H]1CCCN1C(=O)[C@@H](NC(=O)[C@H](C)NCCOCCOCCOCCN)C1CCCCC1. The molecule has 276 valence electrons. The van der Waals surface area contributed by atoms with Gasteiger partial charge in [0.2, 0.25) is 23.6 Å². The maximum atomic E-state index is 14.2. The van der Waals surface area contributed by atoms with Gasteiger partial charge in [0.15, 0.2) is 0 Å². The molecule has 4 amide bonds. The second kappa shape index (κ2) is 22.5. The average molecular weight is 693 g/mol. The van der Waals surface area contributed by atoms with Crippen LogP contribution in [0.25, 0.3) is 0 Å². The van der Waals surface area contributed by atoms with Crippen LogP contribution < -0.4 is 27.0 Å². The van der Waals surface area contributed by atoms with Crippen LogP contribution in [0.5, 0.6) is 0 Å². The summed E-state index contributed by atoms with van der Waals surface area (Å²) in [7, 11) is 0. The summed E-state index contributed by atoms with van der Waals surface area (Å²) in [4.78, 5) is 55.7. The Morgan fingerprint density at radius 1 is 0.878 bits per heavy atom. The number of halogens is 1. The zero-order valence-corrected chi connectivity index (χ0v) is 29.2. The lowest BCUT2D eigenvalue weighted by Gasteiger charge is -2.35. The smallest absolute Gasteiger partial charge is 0.246 e. The highest BCUT2D eigenvalue weighted by atomic mass is 19.1. The maximum absolute atomic E-state index is 14.2. The fourth-order valence-corrected chi connectivity index (χ4v) is 6.31. The lowest BCUT2D eigenvalue weighted by Crippen LogP contribution is -2.59. The predicted octanol–water partition coefficient (Wildman–Crippen LogP) is 1.03. The number of ether oxygens (including phenoxy) is 3. The Labute approximate surface area is 289 Å². The Kier molecular flexibility index (Phi) is 18.5. The molecule has 2 fully saturated rings. The number of rotatable bonds is 22. The molecule has 49 heavy (non-hydrogen) atoms. The number of likely N-dealkylation sites (tertiary alicyclic amines) is 1. The first-order chi connectivity index (χ1) is 23.7. The van der Waals surface area contributed by atoms with Gasteiger partial charge in [-0.1, -0.05) is 31.4 Å². The second-order valence-corrected chi connectivity index (χ2v) is 12.7. The van der Waals surface area contributed by atoms with E-state index in [1.165, 1.54) is 12.1 Å². The zero-order chi connectivity index (χ0) is 35.4. The molecule has 1 aromatic rings. The molecule has 1 saturated heterocycles. The Morgan fingerprint density at radius 2 is 1.53 bits per heavy atom. The number of likely N-dealkylation sites (N-methyl/N-ethyl adjacent to an activating group) is 1. The molecule has 0 bridgehead atoms. The van der Waals surface area contributed by atoms with Gasteiger partial charge in [-0.3, -0.25) is 19.2 Å². The van der Waals surface area contributed by atoms with Crippen molar-refractivity contribution in [2.24, 2.45) is 11.7 Å². The second-order valence-electron chi connectivity index (χ2n) is 12.7. The van der Waals surface area contributed by atoms with E-state index in [0.29, 0.717) is 84.2 Å². The molecule has 1 heterocycles. The van der Waals surface area contributed by atoms with Gasteiger partial charge < -0.3 is 46.1 Å². The molecule has 1 aromatic carbocycles. The summed E-state index contributed by atoms with van der Waals surface area (Å²) >= 11 is 0. The summed E-state index contributed by atoms with van der Waals surface area (Å²) in [5.74, 6) is -1.76. The van der Waals surface area contributed by atoms with Gasteiger partial charge in [0.05, 0.1) is 45.7 Å². The minimum atomic E-state index is -0.895. The summed E-state index contributed by atoms with van der Waals surface area (Å²) in [6.45, 7) is 7.91. The van der Waals surface area contributed by atoms with Crippen molar-refractivity contribution in [2.45, 2.75) is 89.4 Å². The Hall–Kier alpha value is -3.17. The van der Waals surface area contributed by atoms with Crippen LogP contribution in [0.15, 0.2) is 24.3 Å². The van der Waals surface area contributed by atoms with E-state index < -0.39 is 30.1 Å². The highest BCUT2D eigenvalue weighted by Gasteiger charge is 2.41. The molecule has 3 rings (SSSR count). The number of carbonyl (C=O) groups excluding carboxylic acids is 4. The van der Waals surface area contributed by atoms with Crippen LogP contribution in [0, 0.1) is 11.7 Å². The van der Waals surface area contributed by atoms with Crippen LogP contribution in [0.3, 0.4) is 0 Å². The monoisotopic (exact) mass is 692 g/mol. The molecule has 2 aliphatic rings. The van der Waals surface area contributed by atoms with Crippen LogP contribution in [0.1, 0.15) is 64.4 Å². The quantitative estimate of drug-likeness (QED) is 0.111. The van der Waals surface area contributed by atoms with Crippen LogP contribution in [-0.2, 0) is 39.8 Å². The van der Waals surface area contributed by atoms with E-state index in [2.05, 4.69) is 21.3 Å². The van der Waals surface area contributed by atoms with Gasteiger partial charge in [-0.05, 0) is 63.1 Å². The third-order valence-corrected chi connectivity index (χ3v) is 8.96. The first-order valence-corrected chi connectivity index (χ1v) is 17.8. The van der Waals surface area contributed by atoms with E-state index in [1.54, 1.807) is 30.9 Å². The molecule has 0 radical (unpaired) electrons. The highest BCUT2D eigenvalue weighted by molar-refractivity contribution is 5.95. The van der Waals surface area contributed by atoms with E-state index in [1.807, 2.05) is 0 Å². The molecular formula is C35H57FN6O7. The number of hydrogen-bond acceptors (Lipinski definition) is 9. The van der Waals surface area contributed by atoms with Gasteiger partial charge >= 0.3 is 0 Å². The van der Waals surface area contributed by atoms with E-state index in [-0.39, 0.29) is 35.9 Å². The summed E-state index contributed by atoms with van der Waals surface area (Å²) in [5, 5.41) is 11.8. The van der Waals surface area contributed by atoms with Crippen molar-refractivity contribution >= 4 is 23.6 Å². The van der Waals surface area contributed by atoms with E-state index in [9.17, 15) is 23.6 Å². The summed E-state index contributed by atoms with van der Waals surface area (Å²) in [5.41, 5.74) is 6.07. The summed E-state index contributed by atoms with van der Waals surface area (Å²) in [6.07, 6.45) is 5.92. The van der Waals surface area contributed by atoms with Gasteiger partial charge in [-0.2, -0.15) is 0 Å². The molecule has 4 atom stereocenters. The topological polar surface area (TPSA) is 173 Å². The molecular weight excluding hydrogens is 635 g/mol. The fourth-order valence-electron chi connectivity index (χ4n) is 6.31. The Balaban J connectivity index is 1.56. The standard InChI is InChI=1S/C35H57FN6O7/c1-3-38-33(44)29(24-26-11-13-28(36)14-12-26)40-34(45)30-10-7-17-42(30)35(46)31(27-8-5-4-6-9-27)41-32(43)25(2)39-16-19-48-21-23-49-22-20-47-18-15-37/h11-14,25,27,29-31,39H,3-10,15-24,37H2,1-2H3,(H,38,44)(H,40,45)(H,41,43)/t25-,29-,30-,31-/m0/s1. The first-order valence-electron chi connectivity index (χ1n) is 17.8. The van der Waals surface area contributed by atoms with Gasteiger partial charge in [-0.15, -0.1) is 0 Å². The lowest BCUT2D eigenvalue weighted by atomic mass is 9.83. The number of hydrogen-bond donors (Lipinski definition) is 5. The Morgan fingerprint density at radius 3 is 2.18 bits per heavy atom. The van der Waals surface area contributed by atoms with Crippen LogP contribution in [-0.4, -0.2) is 119 Å². The minimum Gasteiger partial charge on any atom is -0.378 e. The summed E-state index contributed by atoms with van der Waals surface area (Å²) in [6, 6.07) is 2.80. The average Bonchev–Trinajstić information content (AvgIpc) is 3.60. The molecule has 1 saturated carbocycles. The molecule has 1 aliphatic carbocycles. The molecule has 1 aliphatic heterocycles. The first kappa shape index (κ1) is 40.3. The number of nitrogens with zero attached hydrogens (tertiary/aromatic N) is 1. The van der Waals surface area contributed by atoms with Crippen molar-refractivity contribution in [1.82, 2.24) is 26.2 Å². The van der Waals surface area contributed by atoms with Gasteiger partial charge in [0, 0.05) is 32.6 Å². The van der Waals surface area contributed by atoms with E-state index in [4.69, 9.17) is 19.9 Å².